The average Bonchev–Trinajstić information content (AvgIpc) is 2.38. The summed E-state index contributed by atoms with van der Waals surface area (Å²) in [5.41, 5.74) is 2.32. The number of methoxy groups -OCH3 is 1. The summed E-state index contributed by atoms with van der Waals surface area (Å²) in [6.07, 6.45) is 0.192. The van der Waals surface area contributed by atoms with Crippen LogP contribution < -0.4 is 21.3 Å². The minimum atomic E-state index is -0.323. The van der Waals surface area contributed by atoms with E-state index in [1.807, 2.05) is 6.92 Å². The van der Waals surface area contributed by atoms with Crippen LogP contribution in [0, 0.1) is 0 Å². The number of carbonyl (C=O) groups excluding carboxylic acids is 1. The van der Waals surface area contributed by atoms with Gasteiger partial charge < -0.3 is 14.8 Å². The fraction of sp³-hybridized carbons (Fsp3) is 0.600. The molecule has 0 aliphatic rings. The van der Waals surface area contributed by atoms with Gasteiger partial charge in [-0.1, -0.05) is 0 Å². The largest absolute Gasteiger partial charge is 0.469 e. The third-order valence-electron chi connectivity index (χ3n) is 2.09. The van der Waals surface area contributed by atoms with Crippen molar-refractivity contribution in [1.82, 2.24) is 15.0 Å². The van der Waals surface area contributed by atoms with Gasteiger partial charge in [-0.25, -0.2) is 5.84 Å². The van der Waals surface area contributed by atoms with Gasteiger partial charge in [0.05, 0.1) is 20.1 Å². The molecule has 0 amide bonds. The number of rotatable bonds is 7. The van der Waals surface area contributed by atoms with Crippen molar-refractivity contribution in [3.05, 3.63) is 0 Å². The Morgan fingerprint density at radius 2 is 2.05 bits per heavy atom. The van der Waals surface area contributed by atoms with E-state index in [0.29, 0.717) is 6.61 Å². The molecule has 0 bridgehead atoms. The lowest BCUT2D eigenvalue weighted by Gasteiger charge is -2.13. The molecular formula is C10H18N6O3. The first-order chi connectivity index (χ1) is 9.08. The number of nitrogens with one attached hydrogen (secondary N) is 2. The van der Waals surface area contributed by atoms with Crippen LogP contribution in [-0.2, 0) is 9.53 Å². The third kappa shape index (κ3) is 4.92. The van der Waals surface area contributed by atoms with E-state index in [-0.39, 0.29) is 36.3 Å². The molecule has 0 saturated heterocycles. The summed E-state index contributed by atoms with van der Waals surface area (Å²) in [5.74, 6) is 5.37. The van der Waals surface area contributed by atoms with Gasteiger partial charge in [-0.05, 0) is 13.8 Å². The molecule has 0 aliphatic heterocycles. The van der Waals surface area contributed by atoms with Gasteiger partial charge in [0.2, 0.25) is 11.9 Å². The van der Waals surface area contributed by atoms with Crippen molar-refractivity contribution < 1.29 is 14.3 Å². The van der Waals surface area contributed by atoms with Crippen LogP contribution in [0.2, 0.25) is 0 Å². The summed E-state index contributed by atoms with van der Waals surface area (Å²) in [6, 6.07) is -0.0480. The lowest BCUT2D eigenvalue weighted by atomic mass is 10.2. The van der Waals surface area contributed by atoms with Crippen LogP contribution in [0.25, 0.3) is 0 Å². The fourth-order valence-electron chi connectivity index (χ4n) is 1.28. The normalized spacial score (nSPS) is 11.6. The van der Waals surface area contributed by atoms with Crippen LogP contribution in [0.4, 0.5) is 11.9 Å². The molecule has 0 radical (unpaired) electrons. The van der Waals surface area contributed by atoms with Crippen molar-refractivity contribution in [1.29, 1.82) is 0 Å². The maximum Gasteiger partial charge on any atom is 0.323 e. The SMILES string of the molecule is CCOc1nc(NN)nc(NC(C)CC(=O)OC)n1. The number of anilines is 2. The van der Waals surface area contributed by atoms with Gasteiger partial charge in [0.25, 0.3) is 0 Å². The number of hydrogen-bond acceptors (Lipinski definition) is 9. The zero-order valence-electron chi connectivity index (χ0n) is 11.1. The van der Waals surface area contributed by atoms with Crippen LogP contribution in [0.5, 0.6) is 6.01 Å². The standard InChI is InChI=1S/C10H18N6O3/c1-4-19-10-14-8(13-9(15-10)16-11)12-6(2)5-7(17)18-3/h6H,4-5,11H2,1-3H3,(H2,12,13,14,15,16). The van der Waals surface area contributed by atoms with Crippen LogP contribution in [-0.4, -0.2) is 40.7 Å². The van der Waals surface area contributed by atoms with E-state index in [1.54, 1.807) is 6.92 Å². The Morgan fingerprint density at radius 1 is 1.37 bits per heavy atom. The summed E-state index contributed by atoms with van der Waals surface area (Å²) in [6.45, 7) is 4.04. The smallest absolute Gasteiger partial charge is 0.323 e. The van der Waals surface area contributed by atoms with E-state index >= 15 is 0 Å². The Kier molecular flexibility index (Phi) is 5.73. The molecule has 4 N–H and O–H groups in total. The first kappa shape index (κ1) is 14.9. The molecule has 1 aromatic heterocycles. The first-order valence-electron chi connectivity index (χ1n) is 5.77. The van der Waals surface area contributed by atoms with Crippen LogP contribution in [0.15, 0.2) is 0 Å². The zero-order chi connectivity index (χ0) is 14.3. The van der Waals surface area contributed by atoms with Crippen LogP contribution in [0.3, 0.4) is 0 Å². The van der Waals surface area contributed by atoms with Gasteiger partial charge in [0.15, 0.2) is 0 Å². The summed E-state index contributed by atoms with van der Waals surface area (Å²) in [5, 5.41) is 2.94. The summed E-state index contributed by atoms with van der Waals surface area (Å²) >= 11 is 0. The number of esters is 1. The number of carbonyl (C=O) groups is 1. The molecule has 0 aliphatic carbocycles. The van der Waals surface area contributed by atoms with Crippen LogP contribution in [0.1, 0.15) is 20.3 Å². The topological polar surface area (TPSA) is 124 Å². The van der Waals surface area contributed by atoms with Crippen molar-refractivity contribution in [2.75, 3.05) is 24.5 Å². The first-order valence-corrected chi connectivity index (χ1v) is 5.77. The number of nitrogens with two attached hydrogens (primary N) is 1. The van der Waals surface area contributed by atoms with E-state index < -0.39 is 0 Å². The molecule has 9 nitrogen and oxygen atoms in total. The second-order valence-corrected chi connectivity index (χ2v) is 3.67. The zero-order valence-corrected chi connectivity index (χ0v) is 11.1. The second kappa shape index (κ2) is 7.31. The lowest BCUT2D eigenvalue weighted by molar-refractivity contribution is -0.140. The number of nitrogen functional groups attached to an aromatic ring is 1. The molecule has 1 heterocycles. The maximum absolute atomic E-state index is 11.1. The van der Waals surface area contributed by atoms with Crippen molar-refractivity contribution in [2.24, 2.45) is 5.84 Å². The highest BCUT2D eigenvalue weighted by Gasteiger charge is 2.12. The summed E-state index contributed by atoms with van der Waals surface area (Å²) < 4.78 is 9.76. The van der Waals surface area contributed by atoms with Crippen LogP contribution >= 0.6 is 0 Å². The Hall–Kier alpha value is -2.16. The van der Waals surface area contributed by atoms with Crippen molar-refractivity contribution in [2.45, 2.75) is 26.3 Å². The Morgan fingerprint density at radius 3 is 2.63 bits per heavy atom. The quantitative estimate of drug-likeness (QED) is 0.354. The molecular weight excluding hydrogens is 252 g/mol. The third-order valence-corrected chi connectivity index (χ3v) is 2.09. The highest BCUT2D eigenvalue weighted by Crippen LogP contribution is 2.12. The fourth-order valence-corrected chi connectivity index (χ4v) is 1.28. The highest BCUT2D eigenvalue weighted by atomic mass is 16.5. The Labute approximate surface area is 110 Å². The highest BCUT2D eigenvalue weighted by molar-refractivity contribution is 5.70. The monoisotopic (exact) mass is 270 g/mol. The molecule has 0 fully saturated rings. The number of ether oxygens (including phenoxy) is 2. The van der Waals surface area contributed by atoms with E-state index in [0.717, 1.165) is 0 Å². The van der Waals surface area contributed by atoms with Gasteiger partial charge in [-0.15, -0.1) is 0 Å². The average molecular weight is 270 g/mol. The number of hydrogen-bond donors (Lipinski definition) is 3. The number of nitrogens with zero attached hydrogens (tertiary/aromatic N) is 3. The summed E-state index contributed by atoms with van der Waals surface area (Å²) in [4.78, 5) is 23.1. The Balaban J connectivity index is 2.75. The summed E-state index contributed by atoms with van der Waals surface area (Å²) in [7, 11) is 1.33. The Bertz CT molecular complexity index is 428. The molecule has 1 unspecified atom stereocenters. The molecule has 9 heteroatoms. The maximum atomic E-state index is 11.1. The molecule has 1 rings (SSSR count). The predicted octanol–water partition coefficient (Wildman–Crippen LogP) is -0.0806. The molecule has 106 valence electrons. The minimum Gasteiger partial charge on any atom is -0.469 e. The second-order valence-electron chi connectivity index (χ2n) is 3.67. The van der Waals surface area contributed by atoms with Crippen molar-refractivity contribution in [3.8, 4) is 6.01 Å². The van der Waals surface area contributed by atoms with E-state index in [2.05, 4.69) is 30.4 Å². The van der Waals surface area contributed by atoms with Gasteiger partial charge in [-0.2, -0.15) is 15.0 Å². The molecule has 1 aromatic rings. The molecule has 19 heavy (non-hydrogen) atoms. The molecule has 0 saturated carbocycles. The van der Waals surface area contributed by atoms with E-state index in [4.69, 9.17) is 10.6 Å². The van der Waals surface area contributed by atoms with E-state index in [1.165, 1.54) is 7.11 Å². The molecule has 1 atom stereocenters. The van der Waals surface area contributed by atoms with Gasteiger partial charge in [0.1, 0.15) is 0 Å². The molecule has 0 aromatic carbocycles. The number of aromatic nitrogens is 3. The van der Waals surface area contributed by atoms with Gasteiger partial charge in [-0.3, -0.25) is 10.2 Å². The minimum absolute atomic E-state index is 0.151. The van der Waals surface area contributed by atoms with Gasteiger partial charge >= 0.3 is 12.0 Å². The molecule has 0 spiro atoms. The van der Waals surface area contributed by atoms with Gasteiger partial charge in [0, 0.05) is 6.04 Å². The number of hydrazine groups is 1. The predicted molar refractivity (Wildman–Crippen MR) is 68.5 cm³/mol. The van der Waals surface area contributed by atoms with Crippen molar-refractivity contribution >= 4 is 17.9 Å². The lowest BCUT2D eigenvalue weighted by Crippen LogP contribution is -2.23. The van der Waals surface area contributed by atoms with E-state index in [9.17, 15) is 4.79 Å². The van der Waals surface area contributed by atoms with Crippen molar-refractivity contribution in [3.63, 3.8) is 0 Å².